The molecule has 112 valence electrons. The second-order valence-electron chi connectivity index (χ2n) is 6.14. The summed E-state index contributed by atoms with van der Waals surface area (Å²) in [6.07, 6.45) is 0. The number of carbonyl (C=O) groups is 1. The third kappa shape index (κ3) is 3.97. The molecular formula is C16H25NO3. The highest BCUT2D eigenvalue weighted by Gasteiger charge is 2.33. The van der Waals surface area contributed by atoms with Gasteiger partial charge in [-0.1, -0.05) is 32.9 Å². The summed E-state index contributed by atoms with van der Waals surface area (Å²) in [5.74, 6) is 0.398. The van der Waals surface area contributed by atoms with Gasteiger partial charge in [0.05, 0.1) is 7.11 Å². The number of hydrogen-bond donors (Lipinski definition) is 1. The minimum Gasteiger partial charge on any atom is -0.491 e. The number of ether oxygens (including phenoxy) is 2. The van der Waals surface area contributed by atoms with Gasteiger partial charge in [-0.3, -0.25) is 0 Å². The van der Waals surface area contributed by atoms with E-state index < -0.39 is 5.54 Å². The van der Waals surface area contributed by atoms with Crippen LogP contribution in [0.3, 0.4) is 0 Å². The Morgan fingerprint density at radius 3 is 2.10 bits per heavy atom. The van der Waals surface area contributed by atoms with Crippen molar-refractivity contribution in [3.63, 3.8) is 0 Å². The van der Waals surface area contributed by atoms with E-state index >= 15 is 0 Å². The Hall–Kier alpha value is -1.55. The lowest BCUT2D eigenvalue weighted by atomic mass is 9.87. The maximum Gasteiger partial charge on any atom is 0.329 e. The lowest BCUT2D eigenvalue weighted by Crippen LogP contribution is -2.52. The topological polar surface area (TPSA) is 47.6 Å². The van der Waals surface area contributed by atoms with Gasteiger partial charge in [0, 0.05) is 0 Å². The van der Waals surface area contributed by atoms with E-state index in [9.17, 15) is 4.79 Å². The lowest BCUT2D eigenvalue weighted by Gasteiger charge is -2.26. The average Bonchev–Trinajstić information content (AvgIpc) is 2.43. The summed E-state index contributed by atoms with van der Waals surface area (Å²) >= 11 is 0. The standard InChI is InChI=1S/C16H25NO3/c1-15(2,3)12-7-9-13(10-8-12)20-11-16(4,17-5)14(18)19-6/h7-10,17H,11H2,1-6H3. The van der Waals surface area contributed by atoms with E-state index in [1.54, 1.807) is 14.0 Å². The highest BCUT2D eigenvalue weighted by Crippen LogP contribution is 2.24. The molecule has 0 aromatic heterocycles. The fraction of sp³-hybridized carbons (Fsp3) is 0.562. The fourth-order valence-electron chi connectivity index (χ4n) is 1.74. The normalized spacial score (nSPS) is 14.5. The Morgan fingerprint density at radius 1 is 1.15 bits per heavy atom. The summed E-state index contributed by atoms with van der Waals surface area (Å²) in [6, 6.07) is 7.94. The van der Waals surface area contributed by atoms with E-state index in [-0.39, 0.29) is 18.0 Å². The molecule has 0 aliphatic rings. The maximum atomic E-state index is 11.7. The largest absolute Gasteiger partial charge is 0.491 e. The Kier molecular flexibility index (Phi) is 5.17. The number of nitrogens with one attached hydrogen (secondary N) is 1. The highest BCUT2D eigenvalue weighted by molar-refractivity contribution is 5.80. The average molecular weight is 279 g/mol. The van der Waals surface area contributed by atoms with E-state index in [4.69, 9.17) is 9.47 Å². The summed E-state index contributed by atoms with van der Waals surface area (Å²) in [5.41, 5.74) is 0.510. The van der Waals surface area contributed by atoms with Crippen molar-refractivity contribution >= 4 is 5.97 Å². The van der Waals surface area contributed by atoms with Gasteiger partial charge in [-0.15, -0.1) is 0 Å². The summed E-state index contributed by atoms with van der Waals surface area (Å²) in [6.45, 7) is 8.46. The zero-order valence-electron chi connectivity index (χ0n) is 13.2. The van der Waals surface area contributed by atoms with Crippen molar-refractivity contribution in [2.45, 2.75) is 38.6 Å². The number of esters is 1. The lowest BCUT2D eigenvalue weighted by molar-refractivity contribution is -0.148. The summed E-state index contributed by atoms with van der Waals surface area (Å²) < 4.78 is 10.5. The highest BCUT2D eigenvalue weighted by atomic mass is 16.5. The molecule has 0 aliphatic heterocycles. The third-order valence-corrected chi connectivity index (χ3v) is 3.44. The van der Waals surface area contributed by atoms with Gasteiger partial charge in [-0.2, -0.15) is 0 Å². The first-order chi connectivity index (χ1) is 9.23. The molecule has 0 bridgehead atoms. The van der Waals surface area contributed by atoms with Crippen LogP contribution in [-0.2, 0) is 14.9 Å². The zero-order valence-corrected chi connectivity index (χ0v) is 13.2. The number of carbonyl (C=O) groups excluding carboxylic acids is 1. The zero-order chi connectivity index (χ0) is 15.4. The van der Waals surface area contributed by atoms with E-state index in [2.05, 4.69) is 26.1 Å². The molecule has 0 saturated heterocycles. The quantitative estimate of drug-likeness (QED) is 0.841. The van der Waals surface area contributed by atoms with Crippen molar-refractivity contribution in [1.82, 2.24) is 5.32 Å². The predicted molar refractivity (Wildman–Crippen MR) is 80.1 cm³/mol. The molecule has 20 heavy (non-hydrogen) atoms. The van der Waals surface area contributed by atoms with Gasteiger partial charge < -0.3 is 14.8 Å². The molecule has 1 unspecified atom stereocenters. The van der Waals surface area contributed by atoms with Crippen LogP contribution in [0.4, 0.5) is 0 Å². The first-order valence-electron chi connectivity index (χ1n) is 6.73. The molecule has 0 aliphatic carbocycles. The summed E-state index contributed by atoms with van der Waals surface area (Å²) in [7, 11) is 3.08. The number of methoxy groups -OCH3 is 1. The van der Waals surface area contributed by atoms with Crippen molar-refractivity contribution < 1.29 is 14.3 Å². The summed E-state index contributed by atoms with van der Waals surface area (Å²) in [4.78, 5) is 11.7. The Labute approximate surface area is 121 Å². The van der Waals surface area contributed by atoms with Crippen molar-refractivity contribution in [3.8, 4) is 5.75 Å². The van der Waals surface area contributed by atoms with E-state index in [1.807, 2.05) is 24.3 Å². The molecule has 1 N–H and O–H groups in total. The van der Waals surface area contributed by atoms with Crippen molar-refractivity contribution in [3.05, 3.63) is 29.8 Å². The monoisotopic (exact) mass is 279 g/mol. The van der Waals surface area contributed by atoms with Crippen LogP contribution in [0.1, 0.15) is 33.3 Å². The Balaban J connectivity index is 2.73. The number of likely N-dealkylation sites (N-methyl/N-ethyl adjacent to an activating group) is 1. The molecule has 0 spiro atoms. The third-order valence-electron chi connectivity index (χ3n) is 3.44. The molecule has 1 atom stereocenters. The molecule has 1 rings (SSSR count). The second-order valence-corrected chi connectivity index (χ2v) is 6.14. The first-order valence-corrected chi connectivity index (χ1v) is 6.73. The number of rotatable bonds is 5. The first kappa shape index (κ1) is 16.5. The van der Waals surface area contributed by atoms with Crippen LogP contribution in [0.2, 0.25) is 0 Å². The van der Waals surface area contributed by atoms with Gasteiger partial charge in [0.2, 0.25) is 0 Å². The number of hydrogen-bond acceptors (Lipinski definition) is 4. The van der Waals surface area contributed by atoms with Crippen LogP contribution < -0.4 is 10.1 Å². The SMILES string of the molecule is CNC(C)(COc1ccc(C(C)(C)C)cc1)C(=O)OC. The van der Waals surface area contributed by atoms with E-state index in [0.717, 1.165) is 5.75 Å². The minimum absolute atomic E-state index is 0.115. The predicted octanol–water partition coefficient (Wildman–Crippen LogP) is 2.51. The molecule has 0 radical (unpaired) electrons. The molecule has 4 nitrogen and oxygen atoms in total. The van der Waals surface area contributed by atoms with Gasteiger partial charge in [-0.25, -0.2) is 4.79 Å². The smallest absolute Gasteiger partial charge is 0.329 e. The van der Waals surface area contributed by atoms with Crippen LogP contribution in [0.25, 0.3) is 0 Å². The van der Waals surface area contributed by atoms with E-state index in [0.29, 0.717) is 0 Å². The van der Waals surface area contributed by atoms with Gasteiger partial charge in [0.1, 0.15) is 17.9 Å². The van der Waals surface area contributed by atoms with Crippen molar-refractivity contribution in [2.75, 3.05) is 20.8 Å². The van der Waals surface area contributed by atoms with Crippen molar-refractivity contribution in [2.24, 2.45) is 0 Å². The van der Waals surface area contributed by atoms with Gasteiger partial charge in [-0.05, 0) is 37.1 Å². The molecule has 0 amide bonds. The van der Waals surface area contributed by atoms with Crippen LogP contribution in [-0.4, -0.2) is 32.3 Å². The molecule has 0 heterocycles. The van der Waals surface area contributed by atoms with Crippen LogP contribution in [0.15, 0.2) is 24.3 Å². The van der Waals surface area contributed by atoms with Crippen molar-refractivity contribution in [1.29, 1.82) is 0 Å². The summed E-state index contributed by atoms with van der Waals surface area (Å²) in [5, 5.41) is 2.94. The van der Waals surface area contributed by atoms with Crippen LogP contribution >= 0.6 is 0 Å². The van der Waals surface area contributed by atoms with Gasteiger partial charge in [0.15, 0.2) is 0 Å². The van der Waals surface area contributed by atoms with Gasteiger partial charge in [0.25, 0.3) is 0 Å². The minimum atomic E-state index is -0.850. The molecular weight excluding hydrogens is 254 g/mol. The molecule has 4 heteroatoms. The fourth-order valence-corrected chi connectivity index (χ4v) is 1.74. The molecule has 0 fully saturated rings. The molecule has 1 aromatic carbocycles. The number of benzene rings is 1. The van der Waals surface area contributed by atoms with Crippen LogP contribution in [0.5, 0.6) is 5.75 Å². The Bertz CT molecular complexity index is 448. The second kappa shape index (κ2) is 6.27. The molecule has 0 saturated carbocycles. The van der Waals surface area contributed by atoms with E-state index in [1.165, 1.54) is 12.7 Å². The van der Waals surface area contributed by atoms with Crippen LogP contribution in [0, 0.1) is 0 Å². The van der Waals surface area contributed by atoms with Gasteiger partial charge >= 0.3 is 5.97 Å². The molecule has 1 aromatic rings. The Morgan fingerprint density at radius 2 is 1.70 bits per heavy atom. The maximum absolute atomic E-state index is 11.7.